The molecule has 170 valence electrons. The number of nitrogens with zero attached hydrogens (tertiary/aromatic N) is 5. The summed E-state index contributed by atoms with van der Waals surface area (Å²) in [5.74, 6) is -2.00. The number of sulfonamides is 1. The van der Waals surface area contributed by atoms with Crippen LogP contribution in [0.5, 0.6) is 0 Å². The molecule has 0 radical (unpaired) electrons. The number of hydrogen-bond acceptors (Lipinski definition) is 9. The predicted molar refractivity (Wildman–Crippen MR) is 117 cm³/mol. The third-order valence-electron chi connectivity index (χ3n) is 5.26. The zero-order valence-corrected chi connectivity index (χ0v) is 19.8. The highest BCUT2D eigenvalue weighted by Crippen LogP contribution is 2.48. The van der Waals surface area contributed by atoms with Crippen molar-refractivity contribution in [2.75, 3.05) is 28.7 Å². The SMILES string of the molecule is CSc1nsc(N=Nc2cc3c(cc2NS(=O)(=O)CC(F)(F)F)N(C)C(C)C3(C)C)n1. The number of alkyl halides is 3. The van der Waals surface area contributed by atoms with Crippen molar-refractivity contribution in [1.29, 1.82) is 0 Å². The lowest BCUT2D eigenvalue weighted by atomic mass is 9.81. The first-order valence-electron chi connectivity index (χ1n) is 9.01. The number of hydrogen-bond donors (Lipinski definition) is 1. The Balaban J connectivity index is 2.07. The van der Waals surface area contributed by atoms with Gasteiger partial charge in [-0.3, -0.25) is 4.72 Å². The molecule has 8 nitrogen and oxygen atoms in total. The van der Waals surface area contributed by atoms with E-state index in [9.17, 15) is 21.6 Å². The van der Waals surface area contributed by atoms with Crippen LogP contribution >= 0.6 is 23.3 Å². The Labute approximate surface area is 186 Å². The molecule has 1 unspecified atom stereocenters. The van der Waals surface area contributed by atoms with E-state index in [0.717, 1.165) is 17.1 Å². The van der Waals surface area contributed by atoms with E-state index < -0.39 is 22.0 Å². The van der Waals surface area contributed by atoms with Gasteiger partial charge in [0.15, 0.2) is 5.75 Å². The minimum atomic E-state index is -4.88. The first kappa shape index (κ1) is 23.7. The number of fused-ring (bicyclic) bond motifs is 1. The van der Waals surface area contributed by atoms with Crippen LogP contribution in [0.15, 0.2) is 27.5 Å². The summed E-state index contributed by atoms with van der Waals surface area (Å²) in [7, 11) is -2.85. The molecule has 1 aromatic carbocycles. The Morgan fingerprint density at radius 1 is 1.32 bits per heavy atom. The quantitative estimate of drug-likeness (QED) is 0.443. The Morgan fingerprint density at radius 2 is 2.00 bits per heavy atom. The third-order valence-corrected chi connectivity index (χ3v) is 7.76. The van der Waals surface area contributed by atoms with Crippen molar-refractivity contribution in [1.82, 2.24) is 9.36 Å². The molecular weight excluding hydrogens is 473 g/mol. The number of halogens is 3. The van der Waals surface area contributed by atoms with Gasteiger partial charge in [-0.25, -0.2) is 8.42 Å². The molecule has 0 spiro atoms. The lowest BCUT2D eigenvalue weighted by Crippen LogP contribution is -2.36. The molecule has 31 heavy (non-hydrogen) atoms. The second-order valence-corrected chi connectivity index (χ2v) is 10.9. The van der Waals surface area contributed by atoms with E-state index >= 15 is 0 Å². The van der Waals surface area contributed by atoms with Crippen LogP contribution in [0.2, 0.25) is 0 Å². The van der Waals surface area contributed by atoms with Crippen LogP contribution in [0.25, 0.3) is 0 Å². The summed E-state index contributed by atoms with van der Waals surface area (Å²) in [5, 5.41) is 8.86. The summed E-state index contributed by atoms with van der Waals surface area (Å²) >= 11 is 2.34. The Kier molecular flexibility index (Phi) is 6.28. The maximum Gasteiger partial charge on any atom is 0.404 e. The molecule has 14 heteroatoms. The summed E-state index contributed by atoms with van der Waals surface area (Å²) in [4.78, 5) is 6.09. The minimum Gasteiger partial charge on any atom is -0.371 e. The van der Waals surface area contributed by atoms with Gasteiger partial charge in [-0.15, -0.1) is 10.2 Å². The van der Waals surface area contributed by atoms with Gasteiger partial charge in [-0.1, -0.05) is 25.6 Å². The number of rotatable bonds is 6. The van der Waals surface area contributed by atoms with Crippen molar-refractivity contribution in [2.45, 2.75) is 43.6 Å². The minimum absolute atomic E-state index is 0.0709. The summed E-state index contributed by atoms with van der Waals surface area (Å²) < 4.78 is 68.5. The number of benzene rings is 1. The van der Waals surface area contributed by atoms with Crippen LogP contribution in [-0.4, -0.2) is 49.0 Å². The molecule has 1 aromatic heterocycles. The van der Waals surface area contributed by atoms with Crippen LogP contribution in [0, 0.1) is 0 Å². The number of likely N-dealkylation sites (N-methyl/N-ethyl adjacent to an activating group) is 1. The molecule has 1 N–H and O–H groups in total. The lowest BCUT2D eigenvalue weighted by molar-refractivity contribution is -0.106. The fourth-order valence-corrected chi connectivity index (χ4v) is 5.36. The van der Waals surface area contributed by atoms with Crippen LogP contribution in [0.3, 0.4) is 0 Å². The van der Waals surface area contributed by atoms with E-state index in [-0.39, 0.29) is 28.0 Å². The van der Waals surface area contributed by atoms with E-state index in [1.165, 1.54) is 17.8 Å². The molecule has 0 amide bonds. The number of anilines is 2. The Morgan fingerprint density at radius 3 is 2.58 bits per heavy atom. The Bertz CT molecular complexity index is 1110. The van der Waals surface area contributed by atoms with E-state index in [0.29, 0.717) is 10.8 Å². The predicted octanol–water partition coefficient (Wildman–Crippen LogP) is 5.10. The van der Waals surface area contributed by atoms with Crippen LogP contribution < -0.4 is 9.62 Å². The number of nitrogens with one attached hydrogen (secondary N) is 1. The lowest BCUT2D eigenvalue weighted by Gasteiger charge is -2.28. The molecule has 0 aliphatic carbocycles. The summed E-state index contributed by atoms with van der Waals surface area (Å²) in [6, 6.07) is 3.22. The van der Waals surface area contributed by atoms with Crippen molar-refractivity contribution in [2.24, 2.45) is 10.2 Å². The van der Waals surface area contributed by atoms with Gasteiger partial charge in [0.05, 0.1) is 5.69 Å². The monoisotopic (exact) mass is 494 g/mol. The number of azo groups is 1. The molecule has 2 heterocycles. The van der Waals surface area contributed by atoms with Crippen molar-refractivity contribution >= 4 is 55.5 Å². The molecule has 0 bridgehead atoms. The van der Waals surface area contributed by atoms with Gasteiger partial charge >= 0.3 is 6.18 Å². The fourth-order valence-electron chi connectivity index (χ4n) is 3.31. The van der Waals surface area contributed by atoms with E-state index in [4.69, 9.17) is 0 Å². The molecule has 0 saturated carbocycles. The molecule has 2 aromatic rings. The third kappa shape index (κ3) is 5.12. The first-order valence-corrected chi connectivity index (χ1v) is 12.7. The standard InChI is InChI=1S/C17H21F3N6O2S3/c1-9-16(2,3)10-6-11(22-23-14-21-15(29-5)24-30-14)12(7-13(10)26(9)4)25-31(27,28)8-17(18,19)20/h6-7,9,25H,8H2,1-5H3. The normalized spacial score (nSPS) is 18.6. The van der Waals surface area contributed by atoms with E-state index in [1.807, 2.05) is 37.4 Å². The molecule has 3 rings (SSSR count). The van der Waals surface area contributed by atoms with E-state index in [2.05, 4.69) is 19.6 Å². The Hall–Kier alpha value is -1.93. The van der Waals surface area contributed by atoms with Crippen molar-refractivity contribution in [3.8, 4) is 0 Å². The van der Waals surface area contributed by atoms with Gasteiger partial charge < -0.3 is 4.90 Å². The maximum absolute atomic E-state index is 12.7. The summed E-state index contributed by atoms with van der Waals surface area (Å²) in [5.41, 5.74) is 1.31. The molecule has 1 aliphatic rings. The molecule has 0 fully saturated rings. The zero-order valence-electron chi connectivity index (χ0n) is 17.4. The topological polar surface area (TPSA) is 99.9 Å². The van der Waals surface area contributed by atoms with Crippen molar-refractivity contribution in [3.05, 3.63) is 17.7 Å². The van der Waals surface area contributed by atoms with Gasteiger partial charge in [-0.05, 0) is 30.9 Å². The average molecular weight is 495 g/mol. The van der Waals surface area contributed by atoms with Gasteiger partial charge in [0.2, 0.25) is 20.3 Å². The highest BCUT2D eigenvalue weighted by molar-refractivity contribution is 7.98. The van der Waals surface area contributed by atoms with Gasteiger partial charge in [0.1, 0.15) is 5.69 Å². The second-order valence-electron chi connectivity index (χ2n) is 7.64. The fraction of sp³-hybridized carbons (Fsp3) is 0.529. The highest BCUT2D eigenvalue weighted by atomic mass is 32.2. The number of aromatic nitrogens is 2. The second kappa shape index (κ2) is 8.20. The molecule has 0 saturated heterocycles. The highest BCUT2D eigenvalue weighted by Gasteiger charge is 2.41. The van der Waals surface area contributed by atoms with E-state index in [1.54, 1.807) is 12.3 Å². The van der Waals surface area contributed by atoms with Crippen LogP contribution in [0.4, 0.5) is 35.4 Å². The maximum atomic E-state index is 12.7. The van der Waals surface area contributed by atoms with Crippen molar-refractivity contribution in [3.63, 3.8) is 0 Å². The average Bonchev–Trinajstić information content (AvgIpc) is 3.16. The largest absolute Gasteiger partial charge is 0.404 e. The molecule has 1 aliphatic heterocycles. The molecular formula is C17H21F3N6O2S3. The smallest absolute Gasteiger partial charge is 0.371 e. The summed E-state index contributed by atoms with van der Waals surface area (Å²) in [6.07, 6.45) is -3.07. The van der Waals surface area contributed by atoms with Gasteiger partial charge in [0, 0.05) is 35.7 Å². The number of thioether (sulfide) groups is 1. The van der Waals surface area contributed by atoms with Gasteiger partial charge in [-0.2, -0.15) is 22.5 Å². The zero-order chi connectivity index (χ0) is 23.2. The van der Waals surface area contributed by atoms with Gasteiger partial charge in [0.25, 0.3) is 0 Å². The first-order chi connectivity index (χ1) is 14.2. The molecule has 1 atom stereocenters. The van der Waals surface area contributed by atoms with Crippen LogP contribution in [0.1, 0.15) is 26.3 Å². The van der Waals surface area contributed by atoms with Crippen LogP contribution in [-0.2, 0) is 15.4 Å². The van der Waals surface area contributed by atoms with Crippen molar-refractivity contribution < 1.29 is 21.6 Å². The summed E-state index contributed by atoms with van der Waals surface area (Å²) in [6.45, 7) is 6.08.